The predicted octanol–water partition coefficient (Wildman–Crippen LogP) is 1.40. The maximum atomic E-state index is 12.0. The van der Waals surface area contributed by atoms with Crippen molar-refractivity contribution >= 4 is 18.3 Å². The van der Waals surface area contributed by atoms with Gasteiger partial charge in [0.2, 0.25) is 5.91 Å². The molecular weight excluding hydrogens is 240 g/mol. The first kappa shape index (κ1) is 13.9. The fourth-order valence-corrected chi connectivity index (χ4v) is 1.91. The van der Waals surface area contributed by atoms with Crippen molar-refractivity contribution in [2.45, 2.75) is 33.2 Å². The lowest BCUT2D eigenvalue weighted by Gasteiger charge is -2.14. The van der Waals surface area contributed by atoms with Gasteiger partial charge in [0, 0.05) is 35.5 Å². The van der Waals surface area contributed by atoms with E-state index in [-0.39, 0.29) is 36.2 Å². The van der Waals surface area contributed by atoms with Gasteiger partial charge in [0.25, 0.3) is 0 Å². The van der Waals surface area contributed by atoms with Crippen LogP contribution in [-0.2, 0) is 6.54 Å². The molecule has 0 bridgehead atoms. The summed E-state index contributed by atoms with van der Waals surface area (Å²) in [5.74, 6) is 0.207. The minimum absolute atomic E-state index is 0. The number of pyridine rings is 1. The highest BCUT2D eigenvalue weighted by molar-refractivity contribution is 5.85. The molecule has 94 valence electrons. The van der Waals surface area contributed by atoms with Crippen LogP contribution in [0.1, 0.15) is 34.5 Å². The summed E-state index contributed by atoms with van der Waals surface area (Å²) in [4.78, 5) is 23.7. The van der Waals surface area contributed by atoms with E-state index < -0.39 is 0 Å². The van der Waals surface area contributed by atoms with Crippen molar-refractivity contribution < 1.29 is 4.79 Å². The molecule has 2 rings (SSSR count). The quantitative estimate of drug-likeness (QED) is 0.870. The fourth-order valence-electron chi connectivity index (χ4n) is 1.91. The van der Waals surface area contributed by atoms with Gasteiger partial charge in [-0.25, -0.2) is 0 Å². The molecule has 17 heavy (non-hydrogen) atoms. The molecule has 0 aliphatic heterocycles. The van der Waals surface area contributed by atoms with Crippen LogP contribution in [0, 0.1) is 19.8 Å². The zero-order chi connectivity index (χ0) is 11.9. The summed E-state index contributed by atoms with van der Waals surface area (Å²) in [6.45, 7) is 3.68. The zero-order valence-corrected chi connectivity index (χ0v) is 10.8. The third-order valence-electron chi connectivity index (χ3n) is 3.10. The average Bonchev–Trinajstić information content (AvgIpc) is 3.08. The Kier molecular flexibility index (Phi) is 4.11. The molecule has 5 heteroatoms. The van der Waals surface area contributed by atoms with Gasteiger partial charge in [-0.05, 0) is 26.7 Å². The van der Waals surface area contributed by atoms with Crippen LogP contribution in [0.5, 0.6) is 0 Å². The van der Waals surface area contributed by atoms with Crippen molar-refractivity contribution in [3.05, 3.63) is 33.2 Å². The Balaban J connectivity index is 0.00000144. The van der Waals surface area contributed by atoms with Crippen LogP contribution in [-0.4, -0.2) is 10.5 Å². The van der Waals surface area contributed by atoms with E-state index in [0.29, 0.717) is 16.8 Å². The van der Waals surface area contributed by atoms with Crippen molar-refractivity contribution in [1.82, 2.24) is 4.57 Å². The lowest BCUT2D eigenvalue weighted by Crippen LogP contribution is -2.26. The van der Waals surface area contributed by atoms with Crippen molar-refractivity contribution in [1.29, 1.82) is 0 Å². The number of aryl methyl sites for hydroxylation is 1. The van der Waals surface area contributed by atoms with Gasteiger partial charge in [-0.3, -0.25) is 14.2 Å². The van der Waals surface area contributed by atoms with Gasteiger partial charge >= 0.3 is 0 Å². The van der Waals surface area contributed by atoms with Crippen molar-refractivity contribution in [2.75, 3.05) is 0 Å². The Labute approximate surface area is 106 Å². The van der Waals surface area contributed by atoms with Crippen LogP contribution in [0.4, 0.5) is 0 Å². The van der Waals surface area contributed by atoms with E-state index in [9.17, 15) is 9.59 Å². The smallest absolute Gasteiger partial charge is 0.233 e. The Morgan fingerprint density at radius 1 is 1.47 bits per heavy atom. The summed E-state index contributed by atoms with van der Waals surface area (Å²) < 4.78 is 1.57. The van der Waals surface area contributed by atoms with E-state index in [1.165, 1.54) is 0 Å². The number of halogens is 1. The standard InChI is InChI=1S/C12H16N2O2.ClH/c1-7-6-14(12(16)9-3-4-9)10(5-13)8(2)11(7)15;/h6,9H,3-5,13H2,1-2H3;1H. The minimum atomic E-state index is -0.0136. The molecule has 4 nitrogen and oxygen atoms in total. The van der Waals surface area contributed by atoms with Crippen molar-refractivity contribution in [3.63, 3.8) is 0 Å². The highest BCUT2D eigenvalue weighted by Gasteiger charge is 2.31. The van der Waals surface area contributed by atoms with Crippen LogP contribution in [0.2, 0.25) is 0 Å². The highest BCUT2D eigenvalue weighted by atomic mass is 35.5. The molecule has 1 heterocycles. The monoisotopic (exact) mass is 256 g/mol. The van der Waals surface area contributed by atoms with E-state index in [4.69, 9.17) is 5.73 Å². The molecule has 1 aromatic rings. The molecule has 0 radical (unpaired) electrons. The van der Waals surface area contributed by atoms with E-state index in [0.717, 1.165) is 12.8 Å². The Hall–Kier alpha value is -1.13. The van der Waals surface area contributed by atoms with Crippen molar-refractivity contribution in [3.8, 4) is 0 Å². The maximum absolute atomic E-state index is 12.0. The molecular formula is C12H17ClN2O2. The number of hydrogen-bond acceptors (Lipinski definition) is 3. The van der Waals surface area contributed by atoms with E-state index in [1.807, 2.05) is 0 Å². The number of nitrogens with zero attached hydrogens (tertiary/aromatic N) is 1. The first-order chi connectivity index (χ1) is 7.56. The van der Waals surface area contributed by atoms with Gasteiger partial charge in [0.15, 0.2) is 5.43 Å². The third kappa shape index (κ3) is 2.42. The number of hydrogen-bond donors (Lipinski definition) is 1. The predicted molar refractivity (Wildman–Crippen MR) is 68.7 cm³/mol. The first-order valence-corrected chi connectivity index (χ1v) is 5.52. The van der Waals surface area contributed by atoms with Gasteiger partial charge in [-0.1, -0.05) is 0 Å². The molecule has 0 unspecified atom stereocenters. The lowest BCUT2D eigenvalue weighted by molar-refractivity contribution is 0.0881. The molecule has 2 N–H and O–H groups in total. The minimum Gasteiger partial charge on any atom is -0.325 e. The normalized spacial score (nSPS) is 14.3. The average molecular weight is 257 g/mol. The van der Waals surface area contributed by atoms with Gasteiger partial charge < -0.3 is 5.73 Å². The van der Waals surface area contributed by atoms with Crippen LogP contribution in [0.3, 0.4) is 0 Å². The fraction of sp³-hybridized carbons (Fsp3) is 0.500. The Morgan fingerprint density at radius 3 is 2.53 bits per heavy atom. The van der Waals surface area contributed by atoms with Gasteiger partial charge in [0.05, 0.1) is 0 Å². The molecule has 0 saturated heterocycles. The summed E-state index contributed by atoms with van der Waals surface area (Å²) in [6, 6.07) is 0. The topological polar surface area (TPSA) is 65.1 Å². The largest absolute Gasteiger partial charge is 0.325 e. The number of rotatable bonds is 2. The summed E-state index contributed by atoms with van der Waals surface area (Å²) in [5, 5.41) is 0. The molecule has 1 fully saturated rings. The number of carbonyl (C=O) groups excluding carboxylic acids is 1. The molecule has 0 aromatic carbocycles. The highest BCUT2D eigenvalue weighted by Crippen LogP contribution is 2.31. The second kappa shape index (κ2) is 5.02. The second-order valence-electron chi connectivity index (χ2n) is 4.40. The zero-order valence-electron chi connectivity index (χ0n) is 10.0. The molecule has 0 spiro atoms. The second-order valence-corrected chi connectivity index (χ2v) is 4.40. The lowest BCUT2D eigenvalue weighted by atomic mass is 10.1. The first-order valence-electron chi connectivity index (χ1n) is 5.52. The third-order valence-corrected chi connectivity index (χ3v) is 3.10. The summed E-state index contributed by atoms with van der Waals surface area (Å²) >= 11 is 0. The van der Waals surface area contributed by atoms with Crippen LogP contribution in [0.15, 0.2) is 11.0 Å². The Bertz CT molecular complexity index is 504. The SMILES string of the molecule is Cc1cn(C(=O)C2CC2)c(CN)c(C)c1=O.Cl. The van der Waals surface area contributed by atoms with E-state index >= 15 is 0 Å². The maximum Gasteiger partial charge on any atom is 0.233 e. The summed E-state index contributed by atoms with van der Waals surface area (Å²) in [6.07, 6.45) is 3.53. The summed E-state index contributed by atoms with van der Waals surface area (Å²) in [5.41, 5.74) is 7.44. The molecule has 1 aromatic heterocycles. The van der Waals surface area contributed by atoms with Crippen LogP contribution < -0.4 is 11.2 Å². The van der Waals surface area contributed by atoms with Gasteiger partial charge in [0.1, 0.15) is 0 Å². The van der Waals surface area contributed by atoms with Crippen molar-refractivity contribution in [2.24, 2.45) is 11.7 Å². The van der Waals surface area contributed by atoms with Gasteiger partial charge in [-0.15, -0.1) is 12.4 Å². The Morgan fingerprint density at radius 2 is 2.06 bits per heavy atom. The summed E-state index contributed by atoms with van der Waals surface area (Å²) in [7, 11) is 0. The van der Waals surface area contributed by atoms with Crippen LogP contribution in [0.25, 0.3) is 0 Å². The molecule has 1 aliphatic rings. The van der Waals surface area contributed by atoms with E-state index in [2.05, 4.69) is 0 Å². The number of aromatic nitrogens is 1. The number of carbonyl (C=O) groups is 1. The molecule has 0 amide bonds. The van der Waals surface area contributed by atoms with Crippen LogP contribution >= 0.6 is 12.4 Å². The molecule has 1 saturated carbocycles. The van der Waals surface area contributed by atoms with Gasteiger partial charge in [-0.2, -0.15) is 0 Å². The molecule has 0 atom stereocenters. The molecule has 1 aliphatic carbocycles. The van der Waals surface area contributed by atoms with E-state index in [1.54, 1.807) is 24.6 Å². The number of nitrogens with two attached hydrogens (primary N) is 1.